The summed E-state index contributed by atoms with van der Waals surface area (Å²) in [6, 6.07) is 16.8. The molecule has 0 radical (unpaired) electrons. The number of carbonyl (C=O) groups excluding carboxylic acids is 1. The second-order valence-corrected chi connectivity index (χ2v) is 10.5. The molecular formula is C24H25IN2O5S. The van der Waals surface area contributed by atoms with Crippen LogP contribution in [-0.2, 0) is 14.8 Å². The van der Waals surface area contributed by atoms with Crippen molar-refractivity contribution in [3.63, 3.8) is 0 Å². The number of hydrogen-bond acceptors (Lipinski definition) is 5. The summed E-state index contributed by atoms with van der Waals surface area (Å²) in [6.07, 6.45) is 0. The number of halogens is 1. The highest BCUT2D eigenvalue weighted by Gasteiger charge is 2.30. The predicted octanol–water partition coefficient (Wildman–Crippen LogP) is 4.76. The number of rotatable bonds is 8. The molecule has 0 aromatic heterocycles. The lowest BCUT2D eigenvalue weighted by Gasteiger charge is -2.26. The van der Waals surface area contributed by atoms with Crippen molar-refractivity contribution in [3.8, 4) is 11.5 Å². The van der Waals surface area contributed by atoms with Gasteiger partial charge < -0.3 is 14.8 Å². The van der Waals surface area contributed by atoms with Crippen molar-refractivity contribution >= 4 is 49.9 Å². The van der Waals surface area contributed by atoms with E-state index < -0.39 is 22.5 Å². The van der Waals surface area contributed by atoms with Crippen LogP contribution in [0, 0.1) is 17.4 Å². The number of methoxy groups -OCH3 is 2. The van der Waals surface area contributed by atoms with E-state index in [9.17, 15) is 13.2 Å². The standard InChI is InChI=1S/C24H25IN2O5S/c1-16-5-9-20(10-6-16)33(29,30)27(22-12-8-19(31-3)14-23(22)32-4)15-24(28)26-21-11-7-18(25)13-17(21)2/h5-14H,15H2,1-4H3,(H,26,28). The molecule has 0 saturated heterocycles. The first-order chi connectivity index (χ1) is 15.6. The molecule has 3 aromatic rings. The minimum absolute atomic E-state index is 0.0733. The molecule has 174 valence electrons. The zero-order chi connectivity index (χ0) is 24.2. The fraction of sp³-hybridized carbons (Fsp3) is 0.208. The zero-order valence-corrected chi connectivity index (χ0v) is 21.7. The van der Waals surface area contributed by atoms with Crippen LogP contribution in [0.5, 0.6) is 11.5 Å². The quantitative estimate of drug-likeness (QED) is 0.389. The summed E-state index contributed by atoms with van der Waals surface area (Å²) in [7, 11) is -1.14. The van der Waals surface area contributed by atoms with Crippen molar-refractivity contribution in [3.05, 3.63) is 75.4 Å². The maximum atomic E-state index is 13.6. The van der Waals surface area contributed by atoms with Gasteiger partial charge in [0.05, 0.1) is 24.8 Å². The second-order valence-electron chi connectivity index (χ2n) is 7.37. The largest absolute Gasteiger partial charge is 0.497 e. The van der Waals surface area contributed by atoms with Crippen LogP contribution in [0.15, 0.2) is 65.6 Å². The van der Waals surface area contributed by atoms with E-state index in [0.717, 1.165) is 19.0 Å². The summed E-state index contributed by atoms with van der Waals surface area (Å²) in [6.45, 7) is 3.31. The van der Waals surface area contributed by atoms with Gasteiger partial charge in [-0.05, 0) is 84.5 Å². The average molecular weight is 580 g/mol. The first-order valence-electron chi connectivity index (χ1n) is 10.0. The predicted molar refractivity (Wildman–Crippen MR) is 138 cm³/mol. The van der Waals surface area contributed by atoms with Gasteiger partial charge >= 0.3 is 0 Å². The lowest BCUT2D eigenvalue weighted by molar-refractivity contribution is -0.114. The van der Waals surface area contributed by atoms with Crippen molar-refractivity contribution in [2.75, 3.05) is 30.4 Å². The Morgan fingerprint density at radius 1 is 0.970 bits per heavy atom. The average Bonchev–Trinajstić information content (AvgIpc) is 2.79. The zero-order valence-electron chi connectivity index (χ0n) is 18.8. The van der Waals surface area contributed by atoms with E-state index in [1.54, 1.807) is 36.4 Å². The molecule has 0 bridgehead atoms. The minimum Gasteiger partial charge on any atom is -0.497 e. The maximum Gasteiger partial charge on any atom is 0.264 e. The summed E-state index contributed by atoms with van der Waals surface area (Å²) in [5.74, 6) is 0.290. The lowest BCUT2D eigenvalue weighted by Crippen LogP contribution is -2.38. The molecule has 0 fully saturated rings. The van der Waals surface area contributed by atoms with Crippen LogP contribution in [0.2, 0.25) is 0 Å². The molecule has 0 aliphatic rings. The van der Waals surface area contributed by atoms with E-state index in [1.165, 1.54) is 26.4 Å². The number of benzene rings is 3. The van der Waals surface area contributed by atoms with Gasteiger partial charge in [0.2, 0.25) is 5.91 Å². The van der Waals surface area contributed by atoms with Crippen LogP contribution in [-0.4, -0.2) is 35.1 Å². The van der Waals surface area contributed by atoms with Gasteiger partial charge in [-0.25, -0.2) is 8.42 Å². The Kier molecular flexibility index (Phi) is 7.85. The van der Waals surface area contributed by atoms with Gasteiger partial charge in [0.1, 0.15) is 18.0 Å². The Morgan fingerprint density at radius 2 is 1.67 bits per heavy atom. The highest BCUT2D eigenvalue weighted by molar-refractivity contribution is 14.1. The van der Waals surface area contributed by atoms with Crippen LogP contribution in [0.3, 0.4) is 0 Å². The number of anilines is 2. The van der Waals surface area contributed by atoms with Gasteiger partial charge in [-0.2, -0.15) is 0 Å². The Labute approximate surface area is 207 Å². The van der Waals surface area contributed by atoms with Crippen LogP contribution in [0.25, 0.3) is 0 Å². The number of amides is 1. The molecule has 0 heterocycles. The highest BCUT2D eigenvalue weighted by atomic mass is 127. The Bertz CT molecular complexity index is 1260. The number of sulfonamides is 1. The van der Waals surface area contributed by atoms with E-state index in [-0.39, 0.29) is 16.3 Å². The van der Waals surface area contributed by atoms with Gasteiger partial charge in [0.25, 0.3) is 10.0 Å². The Hall–Kier alpha value is -2.79. The third kappa shape index (κ3) is 5.77. The third-order valence-electron chi connectivity index (χ3n) is 5.01. The fourth-order valence-electron chi connectivity index (χ4n) is 3.22. The van der Waals surface area contributed by atoms with Crippen molar-refractivity contribution in [1.29, 1.82) is 0 Å². The van der Waals surface area contributed by atoms with Gasteiger partial charge in [0.15, 0.2) is 0 Å². The van der Waals surface area contributed by atoms with Crippen LogP contribution in [0.1, 0.15) is 11.1 Å². The molecule has 1 N–H and O–H groups in total. The normalized spacial score (nSPS) is 11.1. The van der Waals surface area contributed by atoms with Gasteiger partial charge in [0, 0.05) is 15.3 Å². The number of ether oxygens (including phenoxy) is 2. The van der Waals surface area contributed by atoms with Crippen molar-refractivity contribution in [2.24, 2.45) is 0 Å². The van der Waals surface area contributed by atoms with E-state index in [0.29, 0.717) is 11.4 Å². The van der Waals surface area contributed by atoms with Crippen LogP contribution >= 0.6 is 22.6 Å². The third-order valence-corrected chi connectivity index (χ3v) is 7.46. The van der Waals surface area contributed by atoms with E-state index in [2.05, 4.69) is 27.9 Å². The van der Waals surface area contributed by atoms with Crippen molar-refractivity contribution < 1.29 is 22.7 Å². The topological polar surface area (TPSA) is 84.9 Å². The van der Waals surface area contributed by atoms with Crippen LogP contribution in [0.4, 0.5) is 11.4 Å². The SMILES string of the molecule is COc1ccc(N(CC(=O)Nc2ccc(I)cc2C)S(=O)(=O)c2ccc(C)cc2)c(OC)c1. The monoisotopic (exact) mass is 580 g/mol. The van der Waals surface area contributed by atoms with Gasteiger partial charge in [-0.15, -0.1) is 0 Å². The second kappa shape index (κ2) is 10.4. The van der Waals surface area contributed by atoms with E-state index >= 15 is 0 Å². The maximum absolute atomic E-state index is 13.6. The number of aryl methyl sites for hydroxylation is 2. The summed E-state index contributed by atoms with van der Waals surface area (Å²) in [5.41, 5.74) is 2.66. The summed E-state index contributed by atoms with van der Waals surface area (Å²) < 4.78 is 40.0. The number of nitrogens with zero attached hydrogens (tertiary/aromatic N) is 1. The lowest BCUT2D eigenvalue weighted by atomic mass is 10.2. The van der Waals surface area contributed by atoms with Crippen molar-refractivity contribution in [1.82, 2.24) is 0 Å². The minimum atomic E-state index is -4.08. The molecule has 0 saturated carbocycles. The molecule has 0 aliphatic carbocycles. The molecule has 0 atom stereocenters. The summed E-state index contributed by atoms with van der Waals surface area (Å²) in [5, 5.41) is 2.82. The Balaban J connectivity index is 2.03. The smallest absolute Gasteiger partial charge is 0.264 e. The highest BCUT2D eigenvalue weighted by Crippen LogP contribution is 2.35. The fourth-order valence-corrected chi connectivity index (χ4v) is 5.29. The van der Waals surface area contributed by atoms with E-state index in [1.807, 2.05) is 26.0 Å². The molecule has 7 nitrogen and oxygen atoms in total. The molecule has 0 aliphatic heterocycles. The number of hydrogen-bond donors (Lipinski definition) is 1. The molecule has 3 rings (SSSR count). The van der Waals surface area contributed by atoms with Gasteiger partial charge in [-0.3, -0.25) is 9.10 Å². The number of carbonyl (C=O) groups is 1. The van der Waals surface area contributed by atoms with E-state index in [4.69, 9.17) is 9.47 Å². The first-order valence-corrected chi connectivity index (χ1v) is 12.5. The molecule has 0 spiro atoms. The molecule has 3 aromatic carbocycles. The number of nitrogens with one attached hydrogen (secondary N) is 1. The summed E-state index contributed by atoms with van der Waals surface area (Å²) >= 11 is 2.19. The molecule has 0 unspecified atom stereocenters. The molecular weight excluding hydrogens is 555 g/mol. The molecule has 33 heavy (non-hydrogen) atoms. The Morgan fingerprint density at radius 3 is 2.27 bits per heavy atom. The molecule has 9 heteroatoms. The van der Waals surface area contributed by atoms with Crippen molar-refractivity contribution in [2.45, 2.75) is 18.7 Å². The summed E-state index contributed by atoms with van der Waals surface area (Å²) in [4.78, 5) is 13.1. The molecule has 1 amide bonds. The first kappa shape index (κ1) is 24.8. The van der Waals surface area contributed by atoms with Gasteiger partial charge in [-0.1, -0.05) is 17.7 Å². The van der Waals surface area contributed by atoms with Crippen LogP contribution < -0.4 is 19.1 Å².